The number of benzene rings is 1. The van der Waals surface area contributed by atoms with Crippen LogP contribution in [-0.4, -0.2) is 11.2 Å². The number of aliphatic hydroxyl groups is 1. The van der Waals surface area contributed by atoms with Crippen LogP contribution in [0.3, 0.4) is 0 Å². The van der Waals surface area contributed by atoms with E-state index in [9.17, 15) is 4.39 Å². The monoisotopic (exact) mass is 196 g/mol. The Kier molecular flexibility index (Phi) is 3.65. The molecule has 0 fully saturated rings. The van der Waals surface area contributed by atoms with Crippen LogP contribution in [0, 0.1) is 5.82 Å². The average Bonchev–Trinajstić information content (AvgIpc) is 2.20. The molecule has 0 bridgehead atoms. The van der Waals surface area contributed by atoms with Gasteiger partial charge < -0.3 is 9.84 Å². The van der Waals surface area contributed by atoms with Crippen LogP contribution in [0.1, 0.15) is 12.5 Å². The van der Waals surface area contributed by atoms with Gasteiger partial charge >= 0.3 is 0 Å². The quantitative estimate of drug-likeness (QED) is 0.748. The van der Waals surface area contributed by atoms with Crippen LogP contribution in [-0.2, 0) is 6.61 Å². The Morgan fingerprint density at radius 1 is 1.64 bits per heavy atom. The summed E-state index contributed by atoms with van der Waals surface area (Å²) in [6.07, 6.45) is 1.47. The van der Waals surface area contributed by atoms with E-state index >= 15 is 0 Å². The molecular weight excluding hydrogens is 183 g/mol. The van der Waals surface area contributed by atoms with Crippen molar-refractivity contribution in [1.29, 1.82) is 0 Å². The molecule has 1 atom stereocenters. The predicted molar refractivity (Wildman–Crippen MR) is 52.6 cm³/mol. The smallest absolute Gasteiger partial charge is 0.125 e. The van der Waals surface area contributed by atoms with Crippen molar-refractivity contribution in [2.24, 2.45) is 0 Å². The Morgan fingerprint density at radius 2 is 2.36 bits per heavy atom. The molecule has 1 aromatic carbocycles. The maximum atomic E-state index is 12.8. The highest BCUT2D eigenvalue weighted by molar-refractivity contribution is 5.33. The summed E-state index contributed by atoms with van der Waals surface area (Å²) in [5.74, 6) is 0.106. The molecule has 0 aliphatic heterocycles. The van der Waals surface area contributed by atoms with E-state index in [1.165, 1.54) is 18.2 Å². The van der Waals surface area contributed by atoms with Crippen LogP contribution in [0.15, 0.2) is 30.9 Å². The molecule has 1 aromatic rings. The summed E-state index contributed by atoms with van der Waals surface area (Å²) in [6, 6.07) is 4.05. The fourth-order valence-corrected chi connectivity index (χ4v) is 1.03. The van der Waals surface area contributed by atoms with Crippen LogP contribution in [0.4, 0.5) is 4.39 Å². The minimum atomic E-state index is -0.382. The molecule has 14 heavy (non-hydrogen) atoms. The summed E-state index contributed by atoms with van der Waals surface area (Å²) in [4.78, 5) is 0. The first kappa shape index (κ1) is 10.7. The van der Waals surface area contributed by atoms with Crippen molar-refractivity contribution in [2.75, 3.05) is 0 Å². The minimum absolute atomic E-state index is 0.161. The lowest BCUT2D eigenvalue weighted by atomic mass is 10.2. The van der Waals surface area contributed by atoms with E-state index < -0.39 is 0 Å². The van der Waals surface area contributed by atoms with E-state index in [4.69, 9.17) is 9.84 Å². The second-order valence-electron chi connectivity index (χ2n) is 2.97. The fraction of sp³-hybridized carbons (Fsp3) is 0.273. The molecule has 0 spiro atoms. The third-order valence-electron chi connectivity index (χ3n) is 1.84. The number of rotatable bonds is 4. The maximum absolute atomic E-state index is 12.8. The van der Waals surface area contributed by atoms with Gasteiger partial charge in [-0.3, -0.25) is 0 Å². The van der Waals surface area contributed by atoms with Crippen molar-refractivity contribution in [3.8, 4) is 5.75 Å². The van der Waals surface area contributed by atoms with Gasteiger partial charge in [-0.1, -0.05) is 12.7 Å². The van der Waals surface area contributed by atoms with Crippen LogP contribution < -0.4 is 4.74 Å². The van der Waals surface area contributed by atoms with Crippen LogP contribution >= 0.6 is 0 Å². The summed E-state index contributed by atoms with van der Waals surface area (Å²) in [7, 11) is 0. The van der Waals surface area contributed by atoms with Crippen molar-refractivity contribution in [2.45, 2.75) is 19.6 Å². The molecule has 2 nitrogen and oxygen atoms in total. The molecule has 0 heterocycles. The molecule has 0 aliphatic rings. The lowest BCUT2D eigenvalue weighted by Crippen LogP contribution is -2.09. The van der Waals surface area contributed by atoms with Crippen molar-refractivity contribution >= 4 is 0 Å². The van der Waals surface area contributed by atoms with Gasteiger partial charge in [0.05, 0.1) is 6.61 Å². The molecular formula is C11H13FO2. The van der Waals surface area contributed by atoms with E-state index in [0.29, 0.717) is 11.3 Å². The third-order valence-corrected chi connectivity index (χ3v) is 1.84. The second kappa shape index (κ2) is 4.77. The number of aliphatic hydroxyl groups excluding tert-OH is 1. The van der Waals surface area contributed by atoms with E-state index in [0.717, 1.165) is 0 Å². The molecule has 0 aromatic heterocycles. The van der Waals surface area contributed by atoms with Crippen molar-refractivity contribution in [1.82, 2.24) is 0 Å². The van der Waals surface area contributed by atoms with Gasteiger partial charge in [0.2, 0.25) is 0 Å². The van der Waals surface area contributed by atoms with E-state index in [2.05, 4.69) is 6.58 Å². The van der Waals surface area contributed by atoms with E-state index in [-0.39, 0.29) is 18.5 Å². The molecule has 0 saturated carbocycles. The van der Waals surface area contributed by atoms with Gasteiger partial charge in [-0.05, 0) is 25.1 Å². The highest BCUT2D eigenvalue weighted by Gasteiger charge is 2.06. The standard InChI is InChI=1S/C11H13FO2/c1-3-8(2)14-11-5-4-10(12)6-9(11)7-13/h3-6,8,13H,1,7H2,2H3. The van der Waals surface area contributed by atoms with Crippen LogP contribution in [0.5, 0.6) is 5.75 Å². The molecule has 0 amide bonds. The minimum Gasteiger partial charge on any atom is -0.486 e. The fourth-order valence-electron chi connectivity index (χ4n) is 1.03. The van der Waals surface area contributed by atoms with Gasteiger partial charge in [0.15, 0.2) is 0 Å². The largest absolute Gasteiger partial charge is 0.486 e. The van der Waals surface area contributed by atoms with E-state index in [1.54, 1.807) is 6.08 Å². The van der Waals surface area contributed by atoms with Crippen molar-refractivity contribution < 1.29 is 14.2 Å². The van der Waals surface area contributed by atoms with Gasteiger partial charge in [-0.2, -0.15) is 0 Å². The zero-order valence-corrected chi connectivity index (χ0v) is 8.03. The average molecular weight is 196 g/mol. The topological polar surface area (TPSA) is 29.5 Å². The number of hydrogen-bond acceptors (Lipinski definition) is 2. The third kappa shape index (κ3) is 2.57. The van der Waals surface area contributed by atoms with Gasteiger partial charge in [-0.25, -0.2) is 4.39 Å². The van der Waals surface area contributed by atoms with Gasteiger partial charge in [0, 0.05) is 5.56 Å². The van der Waals surface area contributed by atoms with Gasteiger partial charge in [0.1, 0.15) is 17.7 Å². The zero-order chi connectivity index (χ0) is 10.6. The first-order valence-corrected chi connectivity index (χ1v) is 4.36. The number of halogens is 1. The Balaban J connectivity index is 2.90. The molecule has 0 radical (unpaired) electrons. The highest BCUT2D eigenvalue weighted by atomic mass is 19.1. The van der Waals surface area contributed by atoms with Crippen molar-refractivity contribution in [3.05, 3.63) is 42.2 Å². The van der Waals surface area contributed by atoms with Gasteiger partial charge in [0.25, 0.3) is 0 Å². The molecule has 1 rings (SSSR count). The van der Waals surface area contributed by atoms with Crippen LogP contribution in [0.25, 0.3) is 0 Å². The Morgan fingerprint density at radius 3 is 2.93 bits per heavy atom. The molecule has 0 aliphatic carbocycles. The second-order valence-corrected chi connectivity index (χ2v) is 2.97. The first-order chi connectivity index (χ1) is 6.67. The Hall–Kier alpha value is -1.35. The molecule has 3 heteroatoms. The van der Waals surface area contributed by atoms with Crippen molar-refractivity contribution in [3.63, 3.8) is 0 Å². The molecule has 1 N–H and O–H groups in total. The number of ether oxygens (including phenoxy) is 1. The molecule has 76 valence electrons. The first-order valence-electron chi connectivity index (χ1n) is 4.36. The summed E-state index contributed by atoms with van der Waals surface area (Å²) >= 11 is 0. The summed E-state index contributed by atoms with van der Waals surface area (Å²) in [6.45, 7) is 5.15. The zero-order valence-electron chi connectivity index (χ0n) is 8.03. The van der Waals surface area contributed by atoms with E-state index in [1.807, 2.05) is 6.92 Å². The van der Waals surface area contributed by atoms with Crippen LogP contribution in [0.2, 0.25) is 0 Å². The normalized spacial score (nSPS) is 12.2. The summed E-state index contributed by atoms with van der Waals surface area (Å²) in [5.41, 5.74) is 0.443. The SMILES string of the molecule is C=CC(C)Oc1ccc(F)cc1CO. The Labute approximate surface area is 82.6 Å². The lowest BCUT2D eigenvalue weighted by molar-refractivity contribution is 0.243. The van der Waals surface area contributed by atoms with Gasteiger partial charge in [-0.15, -0.1) is 0 Å². The lowest BCUT2D eigenvalue weighted by Gasteiger charge is -2.13. The predicted octanol–water partition coefficient (Wildman–Crippen LogP) is 2.27. The molecule has 0 saturated heterocycles. The highest BCUT2D eigenvalue weighted by Crippen LogP contribution is 2.20. The summed E-state index contributed by atoms with van der Waals surface area (Å²) < 4.78 is 18.2. The molecule has 1 unspecified atom stereocenters. The maximum Gasteiger partial charge on any atom is 0.125 e. The summed E-state index contributed by atoms with van der Waals surface area (Å²) in [5, 5.41) is 8.96. The Bertz CT molecular complexity index is 323. The number of hydrogen-bond donors (Lipinski definition) is 1.